The van der Waals surface area contributed by atoms with Crippen LogP contribution in [0.5, 0.6) is 0 Å². The minimum absolute atomic E-state index is 0.0276. The average molecular weight is 477 g/mol. The van der Waals surface area contributed by atoms with Gasteiger partial charge in [-0.25, -0.2) is 0 Å². The number of nitro benzene ring substituents is 1. The highest BCUT2D eigenvalue weighted by atomic mass is 32.2. The van der Waals surface area contributed by atoms with Gasteiger partial charge in [0, 0.05) is 29.9 Å². The van der Waals surface area contributed by atoms with Gasteiger partial charge in [-0.15, -0.1) is 0 Å². The molecule has 0 saturated carbocycles. The van der Waals surface area contributed by atoms with Crippen molar-refractivity contribution in [1.82, 2.24) is 9.88 Å². The van der Waals surface area contributed by atoms with E-state index in [4.69, 9.17) is 4.74 Å². The van der Waals surface area contributed by atoms with E-state index >= 15 is 0 Å². The van der Waals surface area contributed by atoms with Crippen LogP contribution in [0, 0.1) is 21.4 Å². The smallest absolute Gasteiger partial charge is 0.311 e. The number of carbonyl (C=O) groups excluding carboxylic acids is 2. The Morgan fingerprint density at radius 3 is 2.88 bits per heavy atom. The summed E-state index contributed by atoms with van der Waals surface area (Å²) in [6.07, 6.45) is 1.53. The van der Waals surface area contributed by atoms with Crippen molar-refractivity contribution in [3.63, 3.8) is 0 Å². The minimum atomic E-state index is -0.632. The summed E-state index contributed by atoms with van der Waals surface area (Å²) in [5.41, 5.74) is 3.26. The van der Waals surface area contributed by atoms with E-state index in [9.17, 15) is 25.0 Å². The highest BCUT2D eigenvalue weighted by molar-refractivity contribution is 8.04. The lowest BCUT2D eigenvalue weighted by Gasteiger charge is -2.33. The number of esters is 1. The molecule has 1 aromatic heterocycles. The second kappa shape index (κ2) is 9.49. The summed E-state index contributed by atoms with van der Waals surface area (Å²) in [7, 11) is 0. The molecular formula is C24H20N4O5S. The predicted molar refractivity (Wildman–Crippen MR) is 125 cm³/mol. The highest BCUT2D eigenvalue weighted by Crippen LogP contribution is 2.51. The van der Waals surface area contributed by atoms with Crippen LogP contribution in [0.4, 0.5) is 5.69 Å². The number of allylic oxidation sites excluding steroid dienone is 3. The molecule has 0 spiro atoms. The van der Waals surface area contributed by atoms with Crippen LogP contribution in [0.2, 0.25) is 0 Å². The Labute approximate surface area is 199 Å². The Balaban J connectivity index is 1.90. The van der Waals surface area contributed by atoms with Crippen LogP contribution < -0.4 is 0 Å². The topological polar surface area (TPSA) is 126 Å². The van der Waals surface area contributed by atoms with Crippen molar-refractivity contribution in [1.29, 1.82) is 5.26 Å². The number of nitriles is 1. The van der Waals surface area contributed by atoms with Gasteiger partial charge in [0.2, 0.25) is 5.91 Å². The number of amides is 1. The first-order chi connectivity index (χ1) is 16.3. The first kappa shape index (κ1) is 23.2. The third-order valence-corrected chi connectivity index (χ3v) is 6.68. The fourth-order valence-corrected chi connectivity index (χ4v) is 5.32. The Morgan fingerprint density at radius 2 is 2.18 bits per heavy atom. The molecule has 1 unspecified atom stereocenters. The molecule has 0 N–H and O–H groups in total. The van der Waals surface area contributed by atoms with E-state index in [1.54, 1.807) is 44.3 Å². The summed E-state index contributed by atoms with van der Waals surface area (Å²) < 4.78 is 5.02. The Morgan fingerprint density at radius 1 is 1.38 bits per heavy atom. The van der Waals surface area contributed by atoms with Crippen molar-refractivity contribution in [2.24, 2.45) is 0 Å². The van der Waals surface area contributed by atoms with Crippen LogP contribution in [0.25, 0.3) is 5.57 Å². The molecule has 10 heteroatoms. The molecule has 0 aliphatic carbocycles. The largest absolute Gasteiger partial charge is 0.466 e. The molecule has 1 aromatic carbocycles. The number of carbonyl (C=O) groups is 2. The number of hydrogen-bond acceptors (Lipinski definition) is 8. The fourth-order valence-electron chi connectivity index (χ4n) is 4.25. The number of ether oxygens (including phenoxy) is 1. The molecule has 1 fully saturated rings. The summed E-state index contributed by atoms with van der Waals surface area (Å²) in [5, 5.41) is 22.1. The number of non-ortho nitro benzene ring substituents is 1. The van der Waals surface area contributed by atoms with Crippen molar-refractivity contribution >= 4 is 34.9 Å². The van der Waals surface area contributed by atoms with Crippen LogP contribution in [-0.2, 0) is 20.7 Å². The molecule has 1 amide bonds. The maximum Gasteiger partial charge on any atom is 0.311 e. The third-order valence-electron chi connectivity index (χ3n) is 5.61. The second-order valence-corrected chi connectivity index (χ2v) is 8.61. The SMILES string of the molecule is CCOC(=O)Cc1cc(C2=C(C)N3C(=O)CSC3=C(C#N)C2c2cccc([N+](=O)[O-])c2)ccn1. The van der Waals surface area contributed by atoms with Crippen molar-refractivity contribution < 1.29 is 19.2 Å². The van der Waals surface area contributed by atoms with Gasteiger partial charge in [0.05, 0.1) is 46.1 Å². The second-order valence-electron chi connectivity index (χ2n) is 7.65. The molecule has 2 aliphatic heterocycles. The fraction of sp³-hybridized carbons (Fsp3) is 0.250. The van der Waals surface area contributed by atoms with E-state index in [0.29, 0.717) is 38.7 Å². The zero-order valence-electron chi connectivity index (χ0n) is 18.5. The van der Waals surface area contributed by atoms with Crippen LogP contribution in [0.1, 0.15) is 36.6 Å². The zero-order valence-corrected chi connectivity index (χ0v) is 19.3. The van der Waals surface area contributed by atoms with E-state index in [0.717, 1.165) is 0 Å². The monoisotopic (exact) mass is 476 g/mol. The summed E-state index contributed by atoms with van der Waals surface area (Å²) in [4.78, 5) is 41.4. The summed E-state index contributed by atoms with van der Waals surface area (Å²) in [6.45, 7) is 3.77. The molecule has 0 radical (unpaired) electrons. The Kier molecular flexibility index (Phi) is 6.47. The van der Waals surface area contributed by atoms with Gasteiger partial charge in [0.15, 0.2) is 0 Å². The molecular weight excluding hydrogens is 456 g/mol. The minimum Gasteiger partial charge on any atom is -0.466 e. The van der Waals surface area contributed by atoms with Gasteiger partial charge in [0.1, 0.15) is 0 Å². The molecule has 2 aliphatic rings. The molecule has 9 nitrogen and oxygen atoms in total. The zero-order chi connectivity index (χ0) is 24.4. The molecule has 1 atom stereocenters. The number of rotatable bonds is 6. The standard InChI is InChI=1S/C24H20N4O5S/c1-3-33-21(30)11-17-9-16(7-8-26-17)22-14(2)27-20(29)13-34-24(27)19(12-25)23(22)15-5-4-6-18(10-15)28(31)32/h4-10,23H,3,11,13H2,1-2H3. The van der Waals surface area contributed by atoms with Gasteiger partial charge in [0.25, 0.3) is 5.69 Å². The van der Waals surface area contributed by atoms with E-state index in [2.05, 4.69) is 11.1 Å². The predicted octanol–water partition coefficient (Wildman–Crippen LogP) is 3.93. The van der Waals surface area contributed by atoms with Gasteiger partial charge in [-0.2, -0.15) is 5.26 Å². The van der Waals surface area contributed by atoms with Crippen LogP contribution >= 0.6 is 11.8 Å². The molecule has 0 bridgehead atoms. The van der Waals surface area contributed by atoms with Gasteiger partial charge in [-0.3, -0.25) is 29.6 Å². The molecule has 2 aromatic rings. The lowest BCUT2D eigenvalue weighted by molar-refractivity contribution is -0.384. The number of benzene rings is 1. The average Bonchev–Trinajstić information content (AvgIpc) is 3.21. The van der Waals surface area contributed by atoms with Gasteiger partial charge >= 0.3 is 5.97 Å². The quantitative estimate of drug-likeness (QED) is 0.349. The summed E-state index contributed by atoms with van der Waals surface area (Å²) in [6, 6.07) is 11.9. The van der Waals surface area contributed by atoms with Crippen molar-refractivity contribution in [3.8, 4) is 6.07 Å². The lowest BCUT2D eigenvalue weighted by Crippen LogP contribution is -2.29. The number of fused-ring (bicyclic) bond motifs is 1. The number of nitrogens with zero attached hydrogens (tertiary/aromatic N) is 4. The molecule has 3 heterocycles. The lowest BCUT2D eigenvalue weighted by atomic mass is 9.79. The summed E-state index contributed by atoms with van der Waals surface area (Å²) in [5.74, 6) is -0.978. The molecule has 34 heavy (non-hydrogen) atoms. The highest BCUT2D eigenvalue weighted by Gasteiger charge is 2.41. The maximum atomic E-state index is 12.7. The molecule has 172 valence electrons. The van der Waals surface area contributed by atoms with Crippen molar-refractivity contribution in [3.05, 3.63) is 85.8 Å². The van der Waals surface area contributed by atoms with Crippen LogP contribution in [0.3, 0.4) is 0 Å². The first-order valence-electron chi connectivity index (χ1n) is 10.5. The van der Waals surface area contributed by atoms with Crippen molar-refractivity contribution in [2.45, 2.75) is 26.2 Å². The van der Waals surface area contributed by atoms with Gasteiger partial charge in [-0.05, 0) is 42.7 Å². The van der Waals surface area contributed by atoms with Gasteiger partial charge in [-0.1, -0.05) is 23.9 Å². The Hall–Kier alpha value is -3.97. The van der Waals surface area contributed by atoms with E-state index < -0.39 is 16.8 Å². The van der Waals surface area contributed by atoms with E-state index in [1.165, 1.54) is 28.8 Å². The molecule has 4 rings (SSSR count). The number of aromatic nitrogens is 1. The number of pyridine rings is 1. The van der Waals surface area contributed by atoms with Gasteiger partial charge < -0.3 is 4.74 Å². The Bertz CT molecular complexity index is 1310. The third kappa shape index (κ3) is 4.18. The number of hydrogen-bond donors (Lipinski definition) is 0. The normalized spacial score (nSPS) is 17.5. The number of thioether (sulfide) groups is 1. The number of nitro groups is 1. The summed E-state index contributed by atoms with van der Waals surface area (Å²) >= 11 is 1.29. The van der Waals surface area contributed by atoms with Crippen LogP contribution in [-0.4, -0.2) is 39.0 Å². The van der Waals surface area contributed by atoms with E-state index in [-0.39, 0.29) is 30.4 Å². The first-order valence-corrected chi connectivity index (χ1v) is 11.5. The molecule has 1 saturated heterocycles. The van der Waals surface area contributed by atoms with E-state index in [1.807, 2.05) is 0 Å². The van der Waals surface area contributed by atoms with Crippen molar-refractivity contribution in [2.75, 3.05) is 12.4 Å². The van der Waals surface area contributed by atoms with Crippen LogP contribution in [0.15, 0.2) is 58.9 Å². The maximum absolute atomic E-state index is 12.7.